The number of carbonyl (C=O) groups excluding carboxylic acids is 1. The summed E-state index contributed by atoms with van der Waals surface area (Å²) in [6.07, 6.45) is 0. The minimum atomic E-state index is 0.0160. The van der Waals surface area contributed by atoms with Crippen molar-refractivity contribution in [3.63, 3.8) is 0 Å². The Kier molecular flexibility index (Phi) is 3.75. The molecule has 1 amide bonds. The lowest BCUT2D eigenvalue weighted by Crippen LogP contribution is -2.26. The Bertz CT molecular complexity index is 299. The summed E-state index contributed by atoms with van der Waals surface area (Å²) in [5.74, 6) is 0.0160. The predicted octanol–water partition coefficient (Wildman–Crippen LogP) is 2.70. The molecule has 13 heavy (non-hydrogen) atoms. The Hall–Kier alpha value is -0.540. The average Bonchev–Trinajstić information content (AvgIpc) is 2.17. The number of rotatable bonds is 2. The van der Waals surface area contributed by atoms with Crippen molar-refractivity contribution in [3.05, 3.63) is 29.3 Å². The number of anilines is 1. The number of benzene rings is 1. The Morgan fingerprint density at radius 1 is 1.46 bits per heavy atom. The van der Waals surface area contributed by atoms with E-state index in [0.717, 1.165) is 5.69 Å². The third kappa shape index (κ3) is 2.71. The van der Waals surface area contributed by atoms with Crippen LogP contribution in [0.3, 0.4) is 0 Å². The van der Waals surface area contributed by atoms with Crippen LogP contribution in [-0.4, -0.2) is 18.3 Å². The van der Waals surface area contributed by atoms with Crippen molar-refractivity contribution in [2.24, 2.45) is 0 Å². The van der Waals surface area contributed by atoms with Crippen LogP contribution in [0, 0.1) is 0 Å². The molecule has 0 aliphatic heterocycles. The molecule has 0 saturated heterocycles. The van der Waals surface area contributed by atoms with Crippen molar-refractivity contribution in [1.82, 2.24) is 0 Å². The highest BCUT2D eigenvalue weighted by molar-refractivity contribution is 9.09. The van der Waals surface area contributed by atoms with Crippen LogP contribution in [-0.2, 0) is 4.79 Å². The van der Waals surface area contributed by atoms with Crippen LogP contribution >= 0.6 is 27.5 Å². The van der Waals surface area contributed by atoms with Gasteiger partial charge in [0.05, 0.1) is 5.33 Å². The van der Waals surface area contributed by atoms with E-state index in [4.69, 9.17) is 11.6 Å². The van der Waals surface area contributed by atoms with Crippen molar-refractivity contribution >= 4 is 39.1 Å². The molecule has 0 spiro atoms. The normalized spacial score (nSPS) is 9.77. The molecule has 0 N–H and O–H groups in total. The smallest absolute Gasteiger partial charge is 0.237 e. The Morgan fingerprint density at radius 3 is 2.46 bits per heavy atom. The van der Waals surface area contributed by atoms with Crippen molar-refractivity contribution in [2.75, 3.05) is 17.3 Å². The van der Waals surface area contributed by atoms with E-state index in [2.05, 4.69) is 15.9 Å². The molecule has 0 aliphatic rings. The molecule has 0 bridgehead atoms. The molecule has 0 atom stereocenters. The minimum Gasteiger partial charge on any atom is -0.315 e. The van der Waals surface area contributed by atoms with Crippen LogP contribution in [0.25, 0.3) is 0 Å². The zero-order valence-corrected chi connectivity index (χ0v) is 9.47. The molecule has 1 aromatic carbocycles. The standard InChI is InChI=1S/C9H9BrClNO/c1-12(9(13)6-10)8-4-2-7(11)3-5-8/h2-5H,6H2,1H3. The van der Waals surface area contributed by atoms with Crippen LogP contribution in [0.1, 0.15) is 0 Å². The maximum absolute atomic E-state index is 11.2. The molecule has 1 aromatic rings. The van der Waals surface area contributed by atoms with E-state index >= 15 is 0 Å². The van der Waals surface area contributed by atoms with Crippen LogP contribution in [0.5, 0.6) is 0 Å². The zero-order valence-electron chi connectivity index (χ0n) is 7.13. The summed E-state index contributed by atoms with van der Waals surface area (Å²) in [6.45, 7) is 0. The fraction of sp³-hybridized carbons (Fsp3) is 0.222. The summed E-state index contributed by atoms with van der Waals surface area (Å²) in [5, 5.41) is 0.995. The topological polar surface area (TPSA) is 20.3 Å². The van der Waals surface area contributed by atoms with Gasteiger partial charge in [0.2, 0.25) is 5.91 Å². The molecule has 0 unspecified atom stereocenters. The van der Waals surface area contributed by atoms with E-state index in [1.165, 1.54) is 0 Å². The first-order valence-corrected chi connectivity index (χ1v) is 5.23. The molecule has 4 heteroatoms. The minimum absolute atomic E-state index is 0.0160. The van der Waals surface area contributed by atoms with E-state index in [0.29, 0.717) is 10.4 Å². The second kappa shape index (κ2) is 4.63. The number of amides is 1. The van der Waals surface area contributed by atoms with Gasteiger partial charge in [-0.25, -0.2) is 0 Å². The molecule has 2 nitrogen and oxygen atoms in total. The summed E-state index contributed by atoms with van der Waals surface area (Å²) in [7, 11) is 1.73. The number of halogens is 2. The fourth-order valence-electron chi connectivity index (χ4n) is 0.898. The molecule has 0 saturated carbocycles. The Labute approximate surface area is 90.6 Å². The van der Waals surface area contributed by atoms with Gasteiger partial charge in [-0.3, -0.25) is 4.79 Å². The van der Waals surface area contributed by atoms with Crippen LogP contribution < -0.4 is 4.90 Å². The van der Waals surface area contributed by atoms with Gasteiger partial charge in [0.15, 0.2) is 0 Å². The summed E-state index contributed by atoms with van der Waals surface area (Å²) < 4.78 is 0. The lowest BCUT2D eigenvalue weighted by molar-refractivity contribution is -0.115. The number of carbonyl (C=O) groups is 1. The summed E-state index contributed by atoms with van der Waals surface area (Å²) in [5.41, 5.74) is 0.842. The van der Waals surface area contributed by atoms with Gasteiger partial charge in [-0.1, -0.05) is 27.5 Å². The van der Waals surface area contributed by atoms with E-state index in [1.807, 2.05) is 12.1 Å². The van der Waals surface area contributed by atoms with Crippen molar-refractivity contribution in [1.29, 1.82) is 0 Å². The van der Waals surface area contributed by atoms with Gasteiger partial charge >= 0.3 is 0 Å². The fourth-order valence-corrected chi connectivity index (χ4v) is 1.40. The summed E-state index contributed by atoms with van der Waals surface area (Å²) in [4.78, 5) is 12.8. The maximum atomic E-state index is 11.2. The molecule has 0 fully saturated rings. The third-order valence-corrected chi connectivity index (χ3v) is 2.43. The van der Waals surface area contributed by atoms with Gasteiger partial charge in [0, 0.05) is 17.8 Å². The first-order chi connectivity index (χ1) is 6.15. The third-order valence-electron chi connectivity index (χ3n) is 1.70. The molecule has 0 radical (unpaired) electrons. The molecule has 1 rings (SSSR count). The van der Waals surface area contributed by atoms with Crippen LogP contribution in [0.15, 0.2) is 24.3 Å². The molecular formula is C9H9BrClNO. The predicted molar refractivity (Wildman–Crippen MR) is 58.7 cm³/mol. The van der Waals surface area contributed by atoms with E-state index in [1.54, 1.807) is 24.1 Å². The highest BCUT2D eigenvalue weighted by atomic mass is 79.9. The number of hydrogen-bond donors (Lipinski definition) is 0. The molecular weight excluding hydrogens is 253 g/mol. The monoisotopic (exact) mass is 261 g/mol. The van der Waals surface area contributed by atoms with Gasteiger partial charge in [-0.05, 0) is 24.3 Å². The number of hydrogen-bond acceptors (Lipinski definition) is 1. The van der Waals surface area contributed by atoms with Crippen molar-refractivity contribution < 1.29 is 4.79 Å². The first-order valence-electron chi connectivity index (χ1n) is 3.73. The first kappa shape index (κ1) is 10.5. The average molecular weight is 263 g/mol. The lowest BCUT2D eigenvalue weighted by atomic mass is 10.3. The second-order valence-corrected chi connectivity index (χ2v) is 3.56. The van der Waals surface area contributed by atoms with E-state index < -0.39 is 0 Å². The van der Waals surface area contributed by atoms with Gasteiger partial charge in [-0.15, -0.1) is 0 Å². The highest BCUT2D eigenvalue weighted by Crippen LogP contribution is 2.16. The van der Waals surface area contributed by atoms with Gasteiger partial charge in [0.25, 0.3) is 0 Å². The molecule has 0 aliphatic carbocycles. The van der Waals surface area contributed by atoms with Crippen molar-refractivity contribution in [2.45, 2.75) is 0 Å². The molecule has 70 valence electrons. The molecule has 0 heterocycles. The van der Waals surface area contributed by atoms with Gasteiger partial charge in [-0.2, -0.15) is 0 Å². The molecule has 0 aromatic heterocycles. The van der Waals surface area contributed by atoms with Gasteiger partial charge in [0.1, 0.15) is 0 Å². The van der Waals surface area contributed by atoms with Gasteiger partial charge < -0.3 is 4.90 Å². The second-order valence-electron chi connectivity index (χ2n) is 2.56. The maximum Gasteiger partial charge on any atom is 0.237 e. The lowest BCUT2D eigenvalue weighted by Gasteiger charge is -2.15. The largest absolute Gasteiger partial charge is 0.315 e. The van der Waals surface area contributed by atoms with Crippen molar-refractivity contribution in [3.8, 4) is 0 Å². The van der Waals surface area contributed by atoms with E-state index in [-0.39, 0.29) is 5.91 Å². The van der Waals surface area contributed by atoms with Crippen LogP contribution in [0.4, 0.5) is 5.69 Å². The summed E-state index contributed by atoms with van der Waals surface area (Å²) >= 11 is 8.83. The SMILES string of the molecule is CN(C(=O)CBr)c1ccc(Cl)cc1. The van der Waals surface area contributed by atoms with E-state index in [9.17, 15) is 4.79 Å². The Morgan fingerprint density at radius 2 is 2.00 bits per heavy atom. The number of alkyl halides is 1. The quantitative estimate of drug-likeness (QED) is 0.751. The highest BCUT2D eigenvalue weighted by Gasteiger charge is 2.07. The van der Waals surface area contributed by atoms with Crippen LogP contribution in [0.2, 0.25) is 5.02 Å². The zero-order chi connectivity index (χ0) is 9.84. The Balaban J connectivity index is 2.83. The number of nitrogens with zero attached hydrogens (tertiary/aromatic N) is 1. The summed E-state index contributed by atoms with van der Waals surface area (Å²) in [6, 6.07) is 7.13.